The molecule has 2 heterocycles. The predicted octanol–water partition coefficient (Wildman–Crippen LogP) is 3.58. The predicted molar refractivity (Wildman–Crippen MR) is 116 cm³/mol. The number of aryl methyl sites for hydroxylation is 1. The fraction of sp³-hybridized carbons (Fsp3) is 0.619. The van der Waals surface area contributed by atoms with Crippen LogP contribution in [0, 0.1) is 19.3 Å². The maximum Gasteiger partial charge on any atom is 0.262 e. The monoisotopic (exact) mass is 422 g/mol. The normalized spacial score (nSPS) is 29.4. The Morgan fingerprint density at radius 2 is 1.93 bits per heavy atom. The average molecular weight is 423 g/mol. The number of nitrogens with zero attached hydrogens (tertiary/aromatic N) is 3. The summed E-state index contributed by atoms with van der Waals surface area (Å²) < 4.78 is 1.60. The van der Waals surface area contributed by atoms with E-state index < -0.39 is 5.38 Å². The molecule has 152 valence electrons. The van der Waals surface area contributed by atoms with Crippen molar-refractivity contribution in [2.24, 2.45) is 11.1 Å². The Morgan fingerprint density at radius 1 is 1.21 bits per heavy atom. The molecule has 1 aromatic heterocycles. The summed E-state index contributed by atoms with van der Waals surface area (Å²) >= 11 is 12.7. The lowest BCUT2D eigenvalue weighted by molar-refractivity contribution is 0.197. The first-order chi connectivity index (χ1) is 13.3. The van der Waals surface area contributed by atoms with E-state index in [1.165, 1.54) is 12.8 Å². The highest BCUT2D eigenvalue weighted by molar-refractivity contribution is 6.34. The first kappa shape index (κ1) is 20.0. The Hall–Kier alpha value is -1.30. The van der Waals surface area contributed by atoms with Gasteiger partial charge in [0.25, 0.3) is 5.56 Å². The van der Waals surface area contributed by atoms with Crippen LogP contribution in [0.3, 0.4) is 0 Å². The molecule has 1 aliphatic heterocycles. The van der Waals surface area contributed by atoms with Crippen LogP contribution in [0.15, 0.2) is 23.0 Å². The summed E-state index contributed by atoms with van der Waals surface area (Å²) in [5, 5.41) is -0.810. The molecule has 1 saturated carbocycles. The van der Waals surface area contributed by atoms with E-state index in [0.29, 0.717) is 23.1 Å². The van der Waals surface area contributed by atoms with E-state index in [1.807, 2.05) is 32.1 Å². The van der Waals surface area contributed by atoms with Crippen molar-refractivity contribution in [2.75, 3.05) is 18.0 Å². The Labute approximate surface area is 176 Å². The number of halogens is 2. The van der Waals surface area contributed by atoms with Gasteiger partial charge in [0.1, 0.15) is 11.6 Å². The molecule has 2 fully saturated rings. The number of piperidine rings is 1. The van der Waals surface area contributed by atoms with E-state index in [1.54, 1.807) is 4.57 Å². The van der Waals surface area contributed by atoms with E-state index >= 15 is 0 Å². The van der Waals surface area contributed by atoms with Crippen LogP contribution >= 0.6 is 23.2 Å². The van der Waals surface area contributed by atoms with Gasteiger partial charge in [0.15, 0.2) is 0 Å². The van der Waals surface area contributed by atoms with Gasteiger partial charge in [-0.05, 0) is 51.0 Å². The standard InChI is InChI=1S/C21H28Cl2N4O/c1-13-19(26-11-9-21(10-12-26)8-4-7-17(21)24)25-14(2)27(20(13)28)16-6-3-5-15(22)18(16)23/h3,5-6,15,17-18H,4,7-12,24H2,1-2H3/t15-,17+,18-/m0/s1. The first-order valence-corrected chi connectivity index (χ1v) is 11.0. The summed E-state index contributed by atoms with van der Waals surface area (Å²) in [6.45, 7) is 5.51. The molecule has 5 nitrogen and oxygen atoms in total. The van der Waals surface area contributed by atoms with Gasteiger partial charge in [-0.1, -0.05) is 18.6 Å². The van der Waals surface area contributed by atoms with Gasteiger partial charge in [-0.15, -0.1) is 23.2 Å². The SMILES string of the molecule is Cc1c(N2CCC3(CCC[C@H]3N)CC2)nc(C)n(C2=CC=C[C@H](Cl)[C@@H]2Cl)c1=O. The zero-order valence-electron chi connectivity index (χ0n) is 16.5. The fourth-order valence-corrected chi connectivity index (χ4v) is 5.54. The highest BCUT2D eigenvalue weighted by atomic mass is 35.5. The van der Waals surface area contributed by atoms with Gasteiger partial charge in [0, 0.05) is 24.8 Å². The van der Waals surface area contributed by atoms with Gasteiger partial charge in [-0.3, -0.25) is 9.36 Å². The second-order valence-corrected chi connectivity index (χ2v) is 9.39. The molecular formula is C21H28Cl2N4O. The number of hydrogen-bond acceptors (Lipinski definition) is 4. The number of hydrogen-bond donors (Lipinski definition) is 1. The van der Waals surface area contributed by atoms with Gasteiger partial charge in [0.05, 0.1) is 16.3 Å². The Bertz CT molecular complexity index is 883. The molecule has 0 radical (unpaired) electrons. The van der Waals surface area contributed by atoms with Crippen LogP contribution < -0.4 is 16.2 Å². The van der Waals surface area contributed by atoms with Crippen LogP contribution in [0.25, 0.3) is 5.70 Å². The summed E-state index contributed by atoms with van der Waals surface area (Å²) in [5.74, 6) is 1.43. The first-order valence-electron chi connectivity index (χ1n) is 10.1. The van der Waals surface area contributed by atoms with E-state index in [0.717, 1.165) is 38.2 Å². The molecule has 1 aromatic rings. The number of aromatic nitrogens is 2. The smallest absolute Gasteiger partial charge is 0.262 e. The minimum absolute atomic E-state index is 0.0728. The van der Waals surface area contributed by atoms with Crippen molar-refractivity contribution in [1.29, 1.82) is 0 Å². The molecule has 2 N–H and O–H groups in total. The average Bonchev–Trinajstić information content (AvgIpc) is 3.02. The molecule has 0 aromatic carbocycles. The molecular weight excluding hydrogens is 395 g/mol. The largest absolute Gasteiger partial charge is 0.356 e. The van der Waals surface area contributed by atoms with Crippen LogP contribution in [0.4, 0.5) is 5.82 Å². The third-order valence-corrected chi connectivity index (χ3v) is 7.89. The van der Waals surface area contributed by atoms with Gasteiger partial charge in [0.2, 0.25) is 0 Å². The van der Waals surface area contributed by atoms with Crippen molar-refractivity contribution in [3.8, 4) is 0 Å². The van der Waals surface area contributed by atoms with Crippen LogP contribution in [0.5, 0.6) is 0 Å². The third-order valence-electron chi connectivity index (χ3n) is 6.87. The Balaban J connectivity index is 1.63. The van der Waals surface area contributed by atoms with Gasteiger partial charge in [-0.25, -0.2) is 4.98 Å². The number of rotatable bonds is 2. The minimum atomic E-state index is -0.464. The van der Waals surface area contributed by atoms with Gasteiger partial charge < -0.3 is 10.6 Å². The van der Waals surface area contributed by atoms with Crippen LogP contribution in [0.2, 0.25) is 0 Å². The molecule has 0 amide bonds. The fourth-order valence-electron chi connectivity index (χ4n) is 5.07. The Kier molecular flexibility index (Phi) is 5.36. The van der Waals surface area contributed by atoms with Crippen LogP contribution in [0.1, 0.15) is 43.5 Å². The molecule has 0 bridgehead atoms. The maximum atomic E-state index is 13.2. The number of allylic oxidation sites excluding steroid dienone is 4. The zero-order valence-corrected chi connectivity index (χ0v) is 18.0. The van der Waals surface area contributed by atoms with Crippen molar-refractivity contribution in [1.82, 2.24) is 9.55 Å². The number of anilines is 1. The number of nitrogens with two attached hydrogens (primary N) is 1. The number of alkyl halides is 2. The summed E-state index contributed by atoms with van der Waals surface area (Å²) in [4.78, 5) is 20.3. The highest BCUT2D eigenvalue weighted by Gasteiger charge is 2.43. The quantitative estimate of drug-likeness (QED) is 0.739. The lowest BCUT2D eigenvalue weighted by atomic mass is 9.74. The summed E-state index contributed by atoms with van der Waals surface area (Å²) in [7, 11) is 0. The van der Waals surface area contributed by atoms with E-state index in [-0.39, 0.29) is 16.4 Å². The van der Waals surface area contributed by atoms with Crippen molar-refractivity contribution in [2.45, 2.75) is 62.7 Å². The van der Waals surface area contributed by atoms with E-state index in [2.05, 4.69) is 4.90 Å². The van der Waals surface area contributed by atoms with Crippen molar-refractivity contribution in [3.05, 3.63) is 40.0 Å². The summed E-state index contributed by atoms with van der Waals surface area (Å²) in [6.07, 6.45) is 11.3. The summed E-state index contributed by atoms with van der Waals surface area (Å²) in [5.41, 5.74) is 7.96. The third kappa shape index (κ3) is 3.21. The molecule has 4 rings (SSSR count). The lowest BCUT2D eigenvalue weighted by Gasteiger charge is -2.43. The molecule has 3 atom stereocenters. The summed E-state index contributed by atoms with van der Waals surface area (Å²) in [6, 6.07) is 0.314. The highest BCUT2D eigenvalue weighted by Crippen LogP contribution is 2.46. The van der Waals surface area contributed by atoms with Crippen molar-refractivity contribution in [3.63, 3.8) is 0 Å². The maximum absolute atomic E-state index is 13.2. The zero-order chi connectivity index (χ0) is 20.1. The lowest BCUT2D eigenvalue weighted by Crippen LogP contribution is -2.47. The second-order valence-electron chi connectivity index (χ2n) is 8.42. The van der Waals surface area contributed by atoms with Gasteiger partial charge >= 0.3 is 0 Å². The topological polar surface area (TPSA) is 64.2 Å². The minimum Gasteiger partial charge on any atom is -0.356 e. The van der Waals surface area contributed by atoms with Gasteiger partial charge in [-0.2, -0.15) is 0 Å². The molecule has 1 saturated heterocycles. The van der Waals surface area contributed by atoms with E-state index in [4.69, 9.17) is 33.9 Å². The molecule has 7 heteroatoms. The molecule has 1 spiro atoms. The molecule has 28 heavy (non-hydrogen) atoms. The Morgan fingerprint density at radius 3 is 2.57 bits per heavy atom. The second kappa shape index (κ2) is 7.51. The van der Waals surface area contributed by atoms with Crippen LogP contribution in [-0.2, 0) is 0 Å². The molecule has 2 aliphatic carbocycles. The van der Waals surface area contributed by atoms with Crippen molar-refractivity contribution >= 4 is 34.7 Å². The van der Waals surface area contributed by atoms with E-state index in [9.17, 15) is 4.79 Å². The van der Waals surface area contributed by atoms with Crippen LogP contribution in [-0.4, -0.2) is 39.4 Å². The molecule has 0 unspecified atom stereocenters. The molecule has 3 aliphatic rings. The van der Waals surface area contributed by atoms with Crippen molar-refractivity contribution < 1.29 is 0 Å².